The van der Waals surface area contributed by atoms with Crippen LogP contribution in [0.1, 0.15) is 30.9 Å². The monoisotopic (exact) mass is 437 g/mol. The number of benzene rings is 2. The zero-order chi connectivity index (χ0) is 21.2. The van der Waals surface area contributed by atoms with Gasteiger partial charge in [0.05, 0.1) is 24.4 Å². The molecule has 156 valence electrons. The van der Waals surface area contributed by atoms with Gasteiger partial charge in [0.15, 0.2) is 0 Å². The second-order valence-corrected chi connectivity index (χ2v) is 7.36. The minimum Gasteiger partial charge on any atom is -0.497 e. The van der Waals surface area contributed by atoms with E-state index in [9.17, 15) is 9.59 Å². The molecular formula is C22H25Cl2NO4. The number of halogens is 2. The van der Waals surface area contributed by atoms with Gasteiger partial charge in [-0.25, -0.2) is 0 Å². The SMILES string of the molecule is COc1ccc(CCOc2cc(NC(C)=O)c(Cl)cc2CC(=O)CCCCl)cc1. The molecule has 1 amide bonds. The number of hydrogen-bond acceptors (Lipinski definition) is 4. The van der Waals surface area contributed by atoms with E-state index in [0.29, 0.717) is 53.8 Å². The molecule has 0 aliphatic rings. The maximum atomic E-state index is 12.2. The van der Waals surface area contributed by atoms with Crippen molar-refractivity contribution in [3.63, 3.8) is 0 Å². The van der Waals surface area contributed by atoms with E-state index in [1.165, 1.54) is 6.92 Å². The molecule has 7 heteroatoms. The number of Topliss-reactive ketones (excluding diaryl/α,β-unsaturated/α-hetero) is 1. The number of carbonyl (C=O) groups is 2. The maximum Gasteiger partial charge on any atom is 0.221 e. The first kappa shape index (κ1) is 23.0. The molecule has 0 bridgehead atoms. The van der Waals surface area contributed by atoms with E-state index in [2.05, 4.69) is 5.32 Å². The number of amides is 1. The Morgan fingerprint density at radius 3 is 2.48 bits per heavy atom. The molecule has 0 radical (unpaired) electrons. The van der Waals surface area contributed by atoms with Gasteiger partial charge in [-0.1, -0.05) is 23.7 Å². The molecule has 0 saturated heterocycles. The summed E-state index contributed by atoms with van der Waals surface area (Å²) >= 11 is 12.0. The predicted octanol–water partition coefficient (Wildman–Crippen LogP) is 5.06. The lowest BCUT2D eigenvalue weighted by Crippen LogP contribution is -2.10. The van der Waals surface area contributed by atoms with E-state index in [0.717, 1.165) is 11.3 Å². The van der Waals surface area contributed by atoms with Gasteiger partial charge in [0, 0.05) is 43.7 Å². The Hall–Kier alpha value is -2.24. The first-order chi connectivity index (χ1) is 13.9. The lowest BCUT2D eigenvalue weighted by Gasteiger charge is -2.15. The van der Waals surface area contributed by atoms with Gasteiger partial charge in [0.25, 0.3) is 0 Å². The molecule has 0 atom stereocenters. The number of rotatable bonds is 11. The van der Waals surface area contributed by atoms with Crippen molar-refractivity contribution in [2.24, 2.45) is 0 Å². The Morgan fingerprint density at radius 1 is 1.14 bits per heavy atom. The number of hydrogen-bond donors (Lipinski definition) is 1. The summed E-state index contributed by atoms with van der Waals surface area (Å²) in [5, 5.41) is 3.05. The summed E-state index contributed by atoms with van der Waals surface area (Å²) in [5.41, 5.74) is 2.25. The summed E-state index contributed by atoms with van der Waals surface area (Å²) in [6.07, 6.45) is 1.92. The van der Waals surface area contributed by atoms with Crippen LogP contribution in [0.2, 0.25) is 5.02 Å². The average molecular weight is 438 g/mol. The quantitative estimate of drug-likeness (QED) is 0.498. The first-order valence-electron chi connectivity index (χ1n) is 9.36. The van der Waals surface area contributed by atoms with Gasteiger partial charge in [-0.2, -0.15) is 0 Å². The first-order valence-corrected chi connectivity index (χ1v) is 10.3. The van der Waals surface area contributed by atoms with Gasteiger partial charge in [-0.15, -0.1) is 11.6 Å². The number of ketones is 1. The van der Waals surface area contributed by atoms with Gasteiger partial charge >= 0.3 is 0 Å². The average Bonchev–Trinajstić information content (AvgIpc) is 2.69. The fourth-order valence-electron chi connectivity index (χ4n) is 2.79. The molecule has 0 spiro atoms. The number of alkyl halides is 1. The van der Waals surface area contributed by atoms with Crippen LogP contribution >= 0.6 is 23.2 Å². The molecule has 0 aliphatic carbocycles. The number of nitrogens with one attached hydrogen (secondary N) is 1. The van der Waals surface area contributed by atoms with E-state index in [1.54, 1.807) is 19.2 Å². The standard InChI is InChI=1S/C22H25Cl2NO4/c1-15(26)25-21-14-22(17(13-20(21)24)12-18(27)4-3-10-23)29-11-9-16-5-7-19(28-2)8-6-16/h5-8,13-14H,3-4,9-12H2,1-2H3,(H,25,26). The molecule has 1 N–H and O–H groups in total. The van der Waals surface area contributed by atoms with Gasteiger partial charge in [-0.3, -0.25) is 9.59 Å². The summed E-state index contributed by atoms with van der Waals surface area (Å²) in [5.74, 6) is 1.60. The van der Waals surface area contributed by atoms with Crippen LogP contribution in [-0.4, -0.2) is 31.3 Å². The molecule has 0 saturated carbocycles. The Balaban J connectivity index is 2.13. The van der Waals surface area contributed by atoms with Crippen LogP contribution in [0.4, 0.5) is 5.69 Å². The van der Waals surface area contributed by atoms with Crippen LogP contribution in [0.5, 0.6) is 11.5 Å². The Bertz CT molecular complexity index is 837. The molecule has 0 aromatic heterocycles. The van der Waals surface area contributed by atoms with Crippen molar-refractivity contribution in [1.29, 1.82) is 0 Å². The van der Waals surface area contributed by atoms with Gasteiger partial charge in [0.1, 0.15) is 17.3 Å². The van der Waals surface area contributed by atoms with E-state index in [-0.39, 0.29) is 18.1 Å². The topological polar surface area (TPSA) is 64.6 Å². The Labute approximate surface area is 181 Å². The Morgan fingerprint density at radius 2 is 1.86 bits per heavy atom. The molecule has 5 nitrogen and oxygen atoms in total. The predicted molar refractivity (Wildman–Crippen MR) is 117 cm³/mol. The Kier molecular flexibility index (Phi) is 9.29. The lowest BCUT2D eigenvalue weighted by molar-refractivity contribution is -0.118. The van der Waals surface area contributed by atoms with Crippen molar-refractivity contribution in [2.75, 3.05) is 24.9 Å². The second kappa shape index (κ2) is 11.7. The van der Waals surface area contributed by atoms with E-state index >= 15 is 0 Å². The van der Waals surface area contributed by atoms with Gasteiger partial charge in [0.2, 0.25) is 5.91 Å². The van der Waals surface area contributed by atoms with Crippen molar-refractivity contribution in [1.82, 2.24) is 0 Å². The summed E-state index contributed by atoms with van der Waals surface area (Å²) in [7, 11) is 1.63. The zero-order valence-electron chi connectivity index (χ0n) is 16.6. The van der Waals surface area contributed by atoms with E-state index < -0.39 is 0 Å². The van der Waals surface area contributed by atoms with Crippen molar-refractivity contribution in [3.8, 4) is 11.5 Å². The minimum atomic E-state index is -0.234. The van der Waals surface area contributed by atoms with Gasteiger partial charge in [-0.05, 0) is 30.2 Å². The highest BCUT2D eigenvalue weighted by Gasteiger charge is 2.14. The van der Waals surface area contributed by atoms with Crippen LogP contribution in [0, 0.1) is 0 Å². The molecule has 2 aromatic carbocycles. The molecule has 0 unspecified atom stereocenters. The third-order valence-electron chi connectivity index (χ3n) is 4.25. The number of methoxy groups -OCH3 is 1. The fourth-order valence-corrected chi connectivity index (χ4v) is 3.16. The van der Waals surface area contributed by atoms with Crippen LogP contribution in [0.25, 0.3) is 0 Å². The lowest BCUT2D eigenvalue weighted by atomic mass is 10.0. The summed E-state index contributed by atoms with van der Waals surface area (Å²) < 4.78 is 11.1. The van der Waals surface area contributed by atoms with Crippen molar-refractivity contribution in [2.45, 2.75) is 32.6 Å². The summed E-state index contributed by atoms with van der Waals surface area (Å²) in [6, 6.07) is 11.1. The molecule has 2 rings (SSSR count). The molecular weight excluding hydrogens is 413 g/mol. The smallest absolute Gasteiger partial charge is 0.221 e. The maximum absolute atomic E-state index is 12.2. The van der Waals surface area contributed by atoms with Crippen LogP contribution < -0.4 is 14.8 Å². The zero-order valence-corrected chi connectivity index (χ0v) is 18.1. The highest BCUT2D eigenvalue weighted by molar-refractivity contribution is 6.33. The number of ether oxygens (including phenoxy) is 2. The normalized spacial score (nSPS) is 10.5. The van der Waals surface area contributed by atoms with Crippen molar-refractivity contribution >= 4 is 40.6 Å². The van der Waals surface area contributed by atoms with E-state index in [4.69, 9.17) is 32.7 Å². The van der Waals surface area contributed by atoms with Crippen molar-refractivity contribution < 1.29 is 19.1 Å². The molecule has 29 heavy (non-hydrogen) atoms. The molecule has 0 aliphatic heterocycles. The van der Waals surface area contributed by atoms with Crippen molar-refractivity contribution in [3.05, 3.63) is 52.5 Å². The van der Waals surface area contributed by atoms with E-state index in [1.807, 2.05) is 24.3 Å². The van der Waals surface area contributed by atoms with Crippen LogP contribution in [-0.2, 0) is 22.4 Å². The highest BCUT2D eigenvalue weighted by atomic mass is 35.5. The number of anilines is 1. The number of carbonyl (C=O) groups excluding carboxylic acids is 2. The minimum absolute atomic E-state index is 0.0639. The van der Waals surface area contributed by atoms with Gasteiger partial charge < -0.3 is 14.8 Å². The fraction of sp³-hybridized carbons (Fsp3) is 0.364. The second-order valence-electron chi connectivity index (χ2n) is 6.58. The molecule has 2 aromatic rings. The summed E-state index contributed by atoms with van der Waals surface area (Å²) in [6.45, 7) is 1.82. The third-order valence-corrected chi connectivity index (χ3v) is 4.83. The summed E-state index contributed by atoms with van der Waals surface area (Å²) in [4.78, 5) is 23.6. The largest absolute Gasteiger partial charge is 0.497 e. The van der Waals surface area contributed by atoms with Crippen LogP contribution in [0.15, 0.2) is 36.4 Å². The molecule has 0 heterocycles. The highest BCUT2D eigenvalue weighted by Crippen LogP contribution is 2.32. The third kappa shape index (κ3) is 7.59. The molecule has 0 fully saturated rings. The van der Waals surface area contributed by atoms with Crippen LogP contribution in [0.3, 0.4) is 0 Å².